The van der Waals surface area contributed by atoms with Gasteiger partial charge in [-0.05, 0) is 35.9 Å². The zero-order valence-corrected chi connectivity index (χ0v) is 11.3. The van der Waals surface area contributed by atoms with Crippen LogP contribution in [0.15, 0.2) is 54.5 Å². The summed E-state index contributed by atoms with van der Waals surface area (Å²) in [6.07, 6.45) is 7.86. The second-order valence-corrected chi connectivity index (χ2v) is 4.73. The maximum atomic E-state index is 3.80. The van der Waals surface area contributed by atoms with Crippen molar-refractivity contribution in [3.8, 4) is 0 Å². The molecule has 0 N–H and O–H groups in total. The third-order valence-electron chi connectivity index (χ3n) is 2.35. The highest BCUT2D eigenvalue weighted by atomic mass is 32.2. The van der Waals surface area contributed by atoms with Crippen LogP contribution in [-0.4, -0.2) is 6.54 Å². The molecule has 2 heteroatoms. The Morgan fingerprint density at radius 1 is 1.29 bits per heavy atom. The summed E-state index contributed by atoms with van der Waals surface area (Å²) in [5.74, 6) is 0. The molecule has 1 aromatic carbocycles. The average molecular weight is 247 g/mol. The molecule has 0 fully saturated rings. The third-order valence-corrected chi connectivity index (χ3v) is 3.28. The molecule has 92 valence electrons. The summed E-state index contributed by atoms with van der Waals surface area (Å²) in [6, 6.07) is 10.4. The van der Waals surface area contributed by atoms with Crippen LogP contribution < -0.4 is 4.31 Å². The van der Waals surface area contributed by atoms with E-state index < -0.39 is 0 Å². The molecule has 0 aliphatic rings. The molecule has 0 bridgehead atoms. The Morgan fingerprint density at radius 2 is 2.06 bits per heavy atom. The number of rotatable bonds is 8. The molecule has 0 aliphatic carbocycles. The smallest absolute Gasteiger partial charge is 0.0477 e. The minimum absolute atomic E-state index is 0.854. The monoisotopic (exact) mass is 247 g/mol. The van der Waals surface area contributed by atoms with Gasteiger partial charge >= 0.3 is 0 Å². The zero-order valence-electron chi connectivity index (χ0n) is 10.5. The quantitative estimate of drug-likeness (QED) is 0.360. The van der Waals surface area contributed by atoms with E-state index in [0.29, 0.717) is 0 Å². The highest BCUT2D eigenvalue weighted by Gasteiger charge is 2.01. The number of benzene rings is 1. The standard InChI is InChI=1S/C15H21NS/c1-3-5-6-10-14-17-16(13-4-2)15-11-8-7-9-12-15/h4,7-12,14H,2-3,5-6,13H2,1H3/b14-10+. The van der Waals surface area contributed by atoms with Gasteiger partial charge in [-0.25, -0.2) is 0 Å². The molecule has 0 atom stereocenters. The Bertz CT molecular complexity index is 332. The van der Waals surface area contributed by atoms with Gasteiger partial charge in [0.15, 0.2) is 0 Å². The van der Waals surface area contributed by atoms with Gasteiger partial charge < -0.3 is 4.31 Å². The van der Waals surface area contributed by atoms with Gasteiger partial charge in [0, 0.05) is 12.2 Å². The van der Waals surface area contributed by atoms with Crippen molar-refractivity contribution in [2.45, 2.75) is 26.2 Å². The molecule has 0 aromatic heterocycles. The lowest BCUT2D eigenvalue weighted by atomic mass is 10.2. The van der Waals surface area contributed by atoms with E-state index in [1.165, 1.54) is 24.9 Å². The van der Waals surface area contributed by atoms with Crippen molar-refractivity contribution in [3.63, 3.8) is 0 Å². The van der Waals surface area contributed by atoms with Crippen LogP contribution in [0.4, 0.5) is 5.69 Å². The topological polar surface area (TPSA) is 3.24 Å². The SMILES string of the molecule is C=CCN(S/C=C/CCCC)c1ccccc1. The Balaban J connectivity index is 2.49. The first-order valence-corrected chi connectivity index (χ1v) is 6.97. The molecule has 0 heterocycles. The largest absolute Gasteiger partial charge is 0.309 e. The summed E-state index contributed by atoms with van der Waals surface area (Å²) in [5.41, 5.74) is 1.22. The Kier molecular flexibility index (Phi) is 7.32. The zero-order chi connectivity index (χ0) is 12.3. The summed E-state index contributed by atoms with van der Waals surface area (Å²) in [7, 11) is 0. The Hall–Kier alpha value is -1.15. The number of hydrogen-bond acceptors (Lipinski definition) is 2. The second-order valence-electron chi connectivity index (χ2n) is 3.80. The lowest BCUT2D eigenvalue weighted by Gasteiger charge is -2.19. The van der Waals surface area contributed by atoms with Crippen molar-refractivity contribution in [2.75, 3.05) is 10.8 Å². The van der Waals surface area contributed by atoms with Crippen LogP contribution in [0.3, 0.4) is 0 Å². The van der Waals surface area contributed by atoms with E-state index >= 15 is 0 Å². The molecule has 1 rings (SSSR count). The van der Waals surface area contributed by atoms with E-state index in [1.54, 1.807) is 11.9 Å². The normalized spacial score (nSPS) is 10.6. The van der Waals surface area contributed by atoms with E-state index in [4.69, 9.17) is 0 Å². The van der Waals surface area contributed by atoms with Gasteiger partial charge in [-0.2, -0.15) is 0 Å². The highest BCUT2D eigenvalue weighted by Crippen LogP contribution is 2.22. The van der Waals surface area contributed by atoms with Crippen LogP contribution in [0.5, 0.6) is 0 Å². The molecule has 1 nitrogen and oxygen atoms in total. The fourth-order valence-corrected chi connectivity index (χ4v) is 2.23. The van der Waals surface area contributed by atoms with Gasteiger partial charge in [0.05, 0.1) is 0 Å². The van der Waals surface area contributed by atoms with Gasteiger partial charge in [0.1, 0.15) is 0 Å². The first-order chi connectivity index (χ1) is 8.38. The number of hydrogen-bond donors (Lipinski definition) is 0. The maximum Gasteiger partial charge on any atom is 0.0477 e. The summed E-state index contributed by atoms with van der Waals surface area (Å²) >= 11 is 1.73. The van der Waals surface area contributed by atoms with Crippen molar-refractivity contribution >= 4 is 17.6 Å². The van der Waals surface area contributed by atoms with Crippen molar-refractivity contribution in [1.29, 1.82) is 0 Å². The van der Waals surface area contributed by atoms with E-state index in [1.807, 2.05) is 12.1 Å². The van der Waals surface area contributed by atoms with Crippen molar-refractivity contribution < 1.29 is 0 Å². The van der Waals surface area contributed by atoms with Crippen LogP contribution in [0, 0.1) is 0 Å². The summed E-state index contributed by atoms with van der Waals surface area (Å²) in [6.45, 7) is 6.88. The molecule has 17 heavy (non-hydrogen) atoms. The molecule has 0 spiro atoms. The lowest BCUT2D eigenvalue weighted by Crippen LogP contribution is -2.12. The van der Waals surface area contributed by atoms with Crippen molar-refractivity contribution in [2.24, 2.45) is 0 Å². The summed E-state index contributed by atoms with van der Waals surface area (Å²) < 4.78 is 2.23. The number of unbranched alkanes of at least 4 members (excludes halogenated alkanes) is 2. The molecule has 0 radical (unpaired) electrons. The molecule has 0 aliphatic heterocycles. The number of anilines is 1. The average Bonchev–Trinajstić information content (AvgIpc) is 2.38. The first-order valence-electron chi connectivity index (χ1n) is 6.13. The predicted molar refractivity (Wildman–Crippen MR) is 80.2 cm³/mol. The van der Waals surface area contributed by atoms with E-state index in [9.17, 15) is 0 Å². The molecule has 0 saturated heterocycles. The number of allylic oxidation sites excluding steroid dienone is 1. The Labute approximate surface area is 109 Å². The first kappa shape index (κ1) is 13.9. The molecule has 0 unspecified atom stereocenters. The molecular formula is C15H21NS. The van der Waals surface area contributed by atoms with Gasteiger partial charge in [0.25, 0.3) is 0 Å². The van der Waals surface area contributed by atoms with Gasteiger partial charge in [-0.15, -0.1) is 6.58 Å². The van der Waals surface area contributed by atoms with Crippen LogP contribution in [-0.2, 0) is 0 Å². The van der Waals surface area contributed by atoms with E-state index in [2.05, 4.69) is 53.6 Å². The lowest BCUT2D eigenvalue weighted by molar-refractivity contribution is 0.815. The maximum absolute atomic E-state index is 3.80. The van der Waals surface area contributed by atoms with Crippen molar-refractivity contribution in [1.82, 2.24) is 0 Å². The highest BCUT2D eigenvalue weighted by molar-refractivity contribution is 8.03. The number of nitrogens with zero attached hydrogens (tertiary/aromatic N) is 1. The molecule has 0 amide bonds. The number of para-hydroxylation sites is 1. The van der Waals surface area contributed by atoms with Crippen LogP contribution in [0.1, 0.15) is 26.2 Å². The molecule has 0 saturated carbocycles. The Morgan fingerprint density at radius 3 is 2.71 bits per heavy atom. The third kappa shape index (κ3) is 5.64. The molecular weight excluding hydrogens is 226 g/mol. The van der Waals surface area contributed by atoms with Crippen LogP contribution >= 0.6 is 11.9 Å². The van der Waals surface area contributed by atoms with Gasteiger partial charge in [-0.1, -0.05) is 50.1 Å². The van der Waals surface area contributed by atoms with Gasteiger partial charge in [0.2, 0.25) is 0 Å². The van der Waals surface area contributed by atoms with Crippen LogP contribution in [0.25, 0.3) is 0 Å². The fourth-order valence-electron chi connectivity index (χ4n) is 1.43. The van der Waals surface area contributed by atoms with Gasteiger partial charge in [-0.3, -0.25) is 0 Å². The van der Waals surface area contributed by atoms with Crippen molar-refractivity contribution in [3.05, 3.63) is 54.5 Å². The summed E-state index contributed by atoms with van der Waals surface area (Å²) in [4.78, 5) is 0. The summed E-state index contributed by atoms with van der Waals surface area (Å²) in [5, 5.41) is 2.17. The van der Waals surface area contributed by atoms with Crippen LogP contribution in [0.2, 0.25) is 0 Å². The minimum atomic E-state index is 0.854. The van der Waals surface area contributed by atoms with E-state index in [0.717, 1.165) is 6.54 Å². The van der Waals surface area contributed by atoms with E-state index in [-0.39, 0.29) is 0 Å². The second kappa shape index (κ2) is 8.94. The predicted octanol–water partition coefficient (Wildman–Crippen LogP) is 5.03. The fraction of sp³-hybridized carbons (Fsp3) is 0.333. The minimum Gasteiger partial charge on any atom is -0.309 e. The molecule has 1 aromatic rings.